The number of carbonyl (C=O) groups excluding carboxylic acids is 1. The number of likely N-dealkylation sites (N-methyl/N-ethyl adjacent to an activating group) is 1. The highest BCUT2D eigenvalue weighted by molar-refractivity contribution is 6.08. The molecule has 2 heterocycles. The van der Waals surface area contributed by atoms with E-state index in [0.29, 0.717) is 16.9 Å². The summed E-state index contributed by atoms with van der Waals surface area (Å²) in [5, 5.41) is 0. The molecule has 0 saturated carbocycles. The third-order valence-corrected chi connectivity index (χ3v) is 4.17. The number of benzene rings is 1. The van der Waals surface area contributed by atoms with Gasteiger partial charge in [-0.05, 0) is 30.7 Å². The van der Waals surface area contributed by atoms with Crippen molar-refractivity contribution < 1.29 is 18.0 Å². The largest absolute Gasteiger partial charge is 0.416 e. The molecule has 6 heteroatoms. The van der Waals surface area contributed by atoms with Gasteiger partial charge in [-0.2, -0.15) is 13.2 Å². The van der Waals surface area contributed by atoms with E-state index in [4.69, 9.17) is 0 Å². The summed E-state index contributed by atoms with van der Waals surface area (Å²) in [4.78, 5) is 18.3. The molecule has 0 fully saturated rings. The number of nitrogens with zero attached hydrogens (tertiary/aromatic N) is 2. The Bertz CT molecular complexity index is 740. The minimum atomic E-state index is -4.39. The maximum absolute atomic E-state index is 12.7. The number of hydrogen-bond acceptors (Lipinski definition) is 2. The van der Waals surface area contributed by atoms with Crippen molar-refractivity contribution in [2.24, 2.45) is 0 Å². The van der Waals surface area contributed by atoms with Crippen LogP contribution in [0.1, 0.15) is 23.6 Å². The Labute approximate surface area is 125 Å². The molecular weight excluding hydrogens is 293 g/mol. The molecule has 1 aromatic carbocycles. The van der Waals surface area contributed by atoms with Crippen LogP contribution in [0.15, 0.2) is 42.6 Å². The SMILES string of the molecule is CN1C(=O)C(C)(c2ccc(C(F)(F)F)cc2)c2cccnc21. The molecule has 22 heavy (non-hydrogen) atoms. The number of hydrogen-bond donors (Lipinski definition) is 0. The molecule has 0 N–H and O–H groups in total. The molecular formula is C16H13F3N2O. The molecule has 1 aliphatic rings. The number of pyridine rings is 1. The summed E-state index contributed by atoms with van der Waals surface area (Å²) >= 11 is 0. The van der Waals surface area contributed by atoms with E-state index in [0.717, 1.165) is 12.1 Å². The molecule has 1 unspecified atom stereocenters. The Morgan fingerprint density at radius 3 is 2.36 bits per heavy atom. The predicted molar refractivity (Wildman–Crippen MR) is 75.5 cm³/mol. The summed E-state index contributed by atoms with van der Waals surface area (Å²) in [6.07, 6.45) is -2.81. The molecule has 3 rings (SSSR count). The zero-order valence-corrected chi connectivity index (χ0v) is 12.0. The van der Waals surface area contributed by atoms with Crippen molar-refractivity contribution in [3.63, 3.8) is 0 Å². The van der Waals surface area contributed by atoms with E-state index in [2.05, 4.69) is 4.98 Å². The number of amides is 1. The Morgan fingerprint density at radius 2 is 1.77 bits per heavy atom. The van der Waals surface area contributed by atoms with Gasteiger partial charge in [0.2, 0.25) is 5.91 Å². The van der Waals surface area contributed by atoms with E-state index >= 15 is 0 Å². The molecule has 0 spiro atoms. The van der Waals surface area contributed by atoms with Crippen LogP contribution in [0.5, 0.6) is 0 Å². The first kappa shape index (κ1) is 14.6. The summed E-state index contributed by atoms with van der Waals surface area (Å²) < 4.78 is 38.1. The van der Waals surface area contributed by atoms with Gasteiger partial charge in [0.15, 0.2) is 0 Å². The van der Waals surface area contributed by atoms with E-state index in [1.165, 1.54) is 17.0 Å². The summed E-state index contributed by atoms with van der Waals surface area (Å²) in [5.41, 5.74) is -0.543. The standard InChI is InChI=1S/C16H13F3N2O/c1-15(10-5-7-11(8-6-10)16(17,18)19)12-4-3-9-20-13(12)21(2)14(15)22/h3-9H,1-2H3. The smallest absolute Gasteiger partial charge is 0.299 e. The fourth-order valence-corrected chi connectivity index (χ4v) is 2.87. The first-order valence-electron chi connectivity index (χ1n) is 6.67. The molecule has 1 atom stereocenters. The summed E-state index contributed by atoms with van der Waals surface area (Å²) in [5.74, 6) is 0.329. The van der Waals surface area contributed by atoms with Crippen LogP contribution >= 0.6 is 0 Å². The van der Waals surface area contributed by atoms with Crippen molar-refractivity contribution in [1.82, 2.24) is 4.98 Å². The van der Waals surface area contributed by atoms with Crippen molar-refractivity contribution in [3.8, 4) is 0 Å². The third kappa shape index (κ3) is 1.90. The first-order valence-corrected chi connectivity index (χ1v) is 6.67. The highest BCUT2D eigenvalue weighted by Gasteiger charge is 2.48. The molecule has 1 aliphatic heterocycles. The normalized spacial score (nSPS) is 21.1. The van der Waals surface area contributed by atoms with Gasteiger partial charge in [-0.15, -0.1) is 0 Å². The maximum Gasteiger partial charge on any atom is 0.416 e. The van der Waals surface area contributed by atoms with Gasteiger partial charge in [0.05, 0.1) is 5.56 Å². The van der Waals surface area contributed by atoms with Gasteiger partial charge in [-0.3, -0.25) is 9.69 Å². The zero-order valence-electron chi connectivity index (χ0n) is 12.0. The Kier molecular flexibility index (Phi) is 3.02. The average molecular weight is 306 g/mol. The van der Waals surface area contributed by atoms with Gasteiger partial charge in [0, 0.05) is 18.8 Å². The molecule has 1 aromatic heterocycles. The number of carbonyl (C=O) groups is 1. The van der Waals surface area contributed by atoms with Crippen LogP contribution in [0.3, 0.4) is 0 Å². The van der Waals surface area contributed by atoms with Crippen molar-refractivity contribution in [2.75, 3.05) is 11.9 Å². The fraction of sp³-hybridized carbons (Fsp3) is 0.250. The monoisotopic (exact) mass is 306 g/mol. The second kappa shape index (κ2) is 4.56. The van der Waals surface area contributed by atoms with E-state index in [1.54, 1.807) is 32.3 Å². The Balaban J connectivity index is 2.13. The summed E-state index contributed by atoms with van der Waals surface area (Å²) in [6.45, 7) is 1.71. The van der Waals surface area contributed by atoms with Crippen LogP contribution in [-0.4, -0.2) is 17.9 Å². The number of anilines is 1. The van der Waals surface area contributed by atoms with Crippen molar-refractivity contribution >= 4 is 11.7 Å². The fourth-order valence-electron chi connectivity index (χ4n) is 2.87. The average Bonchev–Trinajstić information content (AvgIpc) is 2.70. The molecule has 2 aromatic rings. The van der Waals surface area contributed by atoms with E-state index in [-0.39, 0.29) is 5.91 Å². The molecule has 0 aliphatic carbocycles. The first-order chi connectivity index (χ1) is 10.3. The molecule has 0 saturated heterocycles. The van der Waals surface area contributed by atoms with E-state index in [1.807, 2.05) is 0 Å². The van der Waals surface area contributed by atoms with Crippen LogP contribution in [-0.2, 0) is 16.4 Å². The van der Waals surface area contributed by atoms with Gasteiger partial charge in [0.1, 0.15) is 11.2 Å². The second-order valence-corrected chi connectivity index (χ2v) is 5.44. The van der Waals surface area contributed by atoms with Crippen molar-refractivity contribution in [3.05, 3.63) is 59.3 Å². The van der Waals surface area contributed by atoms with Gasteiger partial charge >= 0.3 is 6.18 Å². The molecule has 0 bridgehead atoms. The summed E-state index contributed by atoms with van der Waals surface area (Å²) in [6, 6.07) is 8.22. The van der Waals surface area contributed by atoms with Gasteiger partial charge < -0.3 is 0 Å². The van der Waals surface area contributed by atoms with Crippen molar-refractivity contribution in [2.45, 2.75) is 18.5 Å². The van der Waals surface area contributed by atoms with Crippen LogP contribution in [0.4, 0.5) is 19.0 Å². The number of aromatic nitrogens is 1. The lowest BCUT2D eigenvalue weighted by Gasteiger charge is -2.24. The lowest BCUT2D eigenvalue weighted by Crippen LogP contribution is -2.37. The van der Waals surface area contributed by atoms with Crippen LogP contribution < -0.4 is 4.90 Å². The number of alkyl halides is 3. The topological polar surface area (TPSA) is 33.2 Å². The third-order valence-electron chi connectivity index (χ3n) is 4.17. The van der Waals surface area contributed by atoms with Crippen LogP contribution in [0.25, 0.3) is 0 Å². The minimum Gasteiger partial charge on any atom is -0.299 e. The lowest BCUT2D eigenvalue weighted by molar-refractivity contribution is -0.137. The van der Waals surface area contributed by atoms with Gasteiger partial charge in [0.25, 0.3) is 0 Å². The molecule has 0 radical (unpaired) electrons. The van der Waals surface area contributed by atoms with Crippen LogP contribution in [0.2, 0.25) is 0 Å². The summed E-state index contributed by atoms with van der Waals surface area (Å²) in [7, 11) is 1.61. The Hall–Kier alpha value is -2.37. The number of fused-ring (bicyclic) bond motifs is 1. The number of rotatable bonds is 1. The quantitative estimate of drug-likeness (QED) is 0.809. The highest BCUT2D eigenvalue weighted by atomic mass is 19.4. The lowest BCUT2D eigenvalue weighted by atomic mass is 9.77. The molecule has 114 valence electrons. The van der Waals surface area contributed by atoms with Crippen LogP contribution in [0, 0.1) is 0 Å². The molecule has 3 nitrogen and oxygen atoms in total. The van der Waals surface area contributed by atoms with Crippen molar-refractivity contribution in [1.29, 1.82) is 0 Å². The number of halogens is 3. The van der Waals surface area contributed by atoms with E-state index < -0.39 is 17.2 Å². The van der Waals surface area contributed by atoms with Gasteiger partial charge in [-0.1, -0.05) is 18.2 Å². The zero-order chi connectivity index (χ0) is 16.1. The maximum atomic E-state index is 12.7. The second-order valence-electron chi connectivity index (χ2n) is 5.44. The van der Waals surface area contributed by atoms with E-state index in [9.17, 15) is 18.0 Å². The van der Waals surface area contributed by atoms with Gasteiger partial charge in [-0.25, -0.2) is 4.98 Å². The minimum absolute atomic E-state index is 0.207. The molecule has 1 amide bonds. The highest BCUT2D eigenvalue weighted by Crippen LogP contribution is 2.44. The predicted octanol–water partition coefficient (Wildman–Crippen LogP) is 3.38. The Morgan fingerprint density at radius 1 is 1.14 bits per heavy atom.